The molecule has 72 valence electrons. The molecule has 0 aliphatic carbocycles. The molecule has 0 atom stereocenters. The summed E-state index contributed by atoms with van der Waals surface area (Å²) in [6, 6.07) is 6.73. The van der Waals surface area contributed by atoms with E-state index in [9.17, 15) is 0 Å². The molecular formula is C7H10NO3PS. The molecule has 1 aromatic rings. The van der Waals surface area contributed by atoms with Crippen molar-refractivity contribution in [1.29, 1.82) is 0 Å². The zero-order valence-corrected chi connectivity index (χ0v) is 8.46. The van der Waals surface area contributed by atoms with Gasteiger partial charge in [0, 0.05) is 18.4 Å². The molecular weight excluding hydrogens is 209 g/mol. The van der Waals surface area contributed by atoms with Crippen LogP contribution in [-0.2, 0) is 18.4 Å². The van der Waals surface area contributed by atoms with Gasteiger partial charge >= 0.3 is 6.72 Å². The lowest BCUT2D eigenvalue weighted by atomic mass is 10.2. The molecule has 13 heavy (non-hydrogen) atoms. The van der Waals surface area contributed by atoms with Crippen LogP contribution in [0.4, 0.5) is 0 Å². The Kier molecular flexibility index (Phi) is 3.41. The van der Waals surface area contributed by atoms with Crippen molar-refractivity contribution in [2.75, 3.05) is 0 Å². The van der Waals surface area contributed by atoms with Gasteiger partial charge in [0.15, 0.2) is 0 Å². The number of nitrogens with two attached hydrogens (primary N) is 1. The summed E-state index contributed by atoms with van der Waals surface area (Å²) in [5.41, 5.74) is 6.23. The quantitative estimate of drug-likeness (QED) is 0.653. The predicted octanol–water partition coefficient (Wildman–Crippen LogP) is 0.733. The first-order valence-electron chi connectivity index (χ1n) is 3.55. The fourth-order valence-electron chi connectivity index (χ4n) is 0.867. The summed E-state index contributed by atoms with van der Waals surface area (Å²) >= 11 is 4.32. The molecule has 1 aromatic carbocycles. The summed E-state index contributed by atoms with van der Waals surface area (Å²) in [5, 5.41) is 0. The highest BCUT2D eigenvalue weighted by molar-refractivity contribution is 8.06. The van der Waals surface area contributed by atoms with E-state index in [2.05, 4.69) is 11.8 Å². The van der Waals surface area contributed by atoms with Crippen molar-refractivity contribution >= 4 is 18.5 Å². The number of hydrogen-bond donors (Lipinski definition) is 3. The molecule has 0 radical (unpaired) electrons. The maximum Gasteiger partial charge on any atom is 0.375 e. The molecule has 0 aliphatic heterocycles. The monoisotopic (exact) mass is 219 g/mol. The first-order valence-corrected chi connectivity index (χ1v) is 6.18. The zero-order valence-electron chi connectivity index (χ0n) is 6.75. The van der Waals surface area contributed by atoms with Crippen LogP contribution in [0.3, 0.4) is 0 Å². The average molecular weight is 219 g/mol. The third-order valence-electron chi connectivity index (χ3n) is 1.36. The standard InChI is InChI=1S/C7H10NO3PS/c8-5-6-2-1-3-7(4-6)11-12(9,10)13/h1-4H,5,8H2,(H2,9,10,13). The van der Waals surface area contributed by atoms with Crippen molar-refractivity contribution < 1.29 is 14.3 Å². The van der Waals surface area contributed by atoms with E-state index in [1.54, 1.807) is 18.2 Å². The maximum absolute atomic E-state index is 8.86. The van der Waals surface area contributed by atoms with Crippen LogP contribution in [0, 0.1) is 0 Å². The lowest BCUT2D eigenvalue weighted by molar-refractivity contribution is 0.370. The Balaban J connectivity index is 2.84. The van der Waals surface area contributed by atoms with Crippen LogP contribution in [0.15, 0.2) is 24.3 Å². The number of benzene rings is 1. The van der Waals surface area contributed by atoms with Crippen LogP contribution < -0.4 is 10.3 Å². The molecule has 0 spiro atoms. The van der Waals surface area contributed by atoms with Crippen LogP contribution in [0.5, 0.6) is 5.75 Å². The van der Waals surface area contributed by atoms with Gasteiger partial charge in [0.25, 0.3) is 0 Å². The van der Waals surface area contributed by atoms with Gasteiger partial charge in [-0.1, -0.05) is 12.1 Å². The van der Waals surface area contributed by atoms with E-state index >= 15 is 0 Å². The Labute approximate surface area is 81.2 Å². The van der Waals surface area contributed by atoms with E-state index in [0.29, 0.717) is 12.3 Å². The minimum atomic E-state index is -3.63. The lowest BCUT2D eigenvalue weighted by Crippen LogP contribution is -1.96. The molecule has 0 saturated heterocycles. The summed E-state index contributed by atoms with van der Waals surface area (Å²) < 4.78 is 4.73. The van der Waals surface area contributed by atoms with Gasteiger partial charge in [0.1, 0.15) is 5.75 Å². The molecule has 0 aliphatic rings. The molecule has 4 nitrogen and oxygen atoms in total. The van der Waals surface area contributed by atoms with E-state index in [1.807, 2.05) is 6.07 Å². The van der Waals surface area contributed by atoms with E-state index in [4.69, 9.17) is 20.0 Å². The third kappa shape index (κ3) is 3.85. The Morgan fingerprint density at radius 2 is 2.15 bits per heavy atom. The second-order valence-corrected chi connectivity index (χ2v) is 5.02. The summed E-state index contributed by atoms with van der Waals surface area (Å²) in [5.74, 6) is 0.330. The molecule has 0 aromatic heterocycles. The molecule has 0 heterocycles. The largest absolute Gasteiger partial charge is 0.424 e. The van der Waals surface area contributed by atoms with Gasteiger partial charge in [-0.25, -0.2) is 0 Å². The van der Waals surface area contributed by atoms with Crippen molar-refractivity contribution in [2.24, 2.45) is 5.73 Å². The summed E-state index contributed by atoms with van der Waals surface area (Å²) in [4.78, 5) is 17.7. The lowest BCUT2D eigenvalue weighted by Gasteiger charge is -2.10. The van der Waals surface area contributed by atoms with Crippen molar-refractivity contribution in [1.82, 2.24) is 0 Å². The van der Waals surface area contributed by atoms with Gasteiger partial charge in [-0.2, -0.15) is 0 Å². The Hall–Kier alpha value is -0.450. The van der Waals surface area contributed by atoms with Gasteiger partial charge in [-0.05, 0) is 17.7 Å². The van der Waals surface area contributed by atoms with Crippen LogP contribution >= 0.6 is 6.72 Å². The van der Waals surface area contributed by atoms with Gasteiger partial charge in [0.05, 0.1) is 0 Å². The highest BCUT2D eigenvalue weighted by Crippen LogP contribution is 2.37. The number of hydrogen-bond acceptors (Lipinski definition) is 3. The SMILES string of the molecule is NCc1cccc(OP(O)(O)=S)c1. The van der Waals surface area contributed by atoms with Crippen LogP contribution in [0.2, 0.25) is 0 Å². The molecule has 0 amide bonds. The zero-order chi connectivity index (χ0) is 9.90. The van der Waals surface area contributed by atoms with Gasteiger partial charge in [-0.15, -0.1) is 0 Å². The summed E-state index contributed by atoms with van der Waals surface area (Å²) in [6.07, 6.45) is 0. The molecule has 0 bridgehead atoms. The van der Waals surface area contributed by atoms with E-state index in [0.717, 1.165) is 5.56 Å². The molecule has 4 N–H and O–H groups in total. The van der Waals surface area contributed by atoms with Crippen molar-refractivity contribution in [3.05, 3.63) is 29.8 Å². The van der Waals surface area contributed by atoms with E-state index in [-0.39, 0.29) is 0 Å². The third-order valence-corrected chi connectivity index (χ3v) is 2.03. The topological polar surface area (TPSA) is 75.7 Å². The molecule has 0 fully saturated rings. The minimum absolute atomic E-state index is 0.330. The van der Waals surface area contributed by atoms with Crippen LogP contribution in [0.25, 0.3) is 0 Å². The first-order chi connectivity index (χ1) is 6.01. The fraction of sp³-hybridized carbons (Fsp3) is 0.143. The highest BCUT2D eigenvalue weighted by atomic mass is 32.5. The molecule has 1 rings (SSSR count). The summed E-state index contributed by atoms with van der Waals surface area (Å²) in [6.45, 7) is -3.25. The van der Waals surface area contributed by atoms with Crippen molar-refractivity contribution in [3.8, 4) is 5.75 Å². The first kappa shape index (κ1) is 10.6. The molecule has 0 saturated carbocycles. The average Bonchev–Trinajstić information content (AvgIpc) is 2.01. The second kappa shape index (κ2) is 4.17. The normalized spacial score (nSPS) is 11.3. The van der Waals surface area contributed by atoms with Gasteiger partial charge in [0.2, 0.25) is 0 Å². The molecule has 0 unspecified atom stereocenters. The smallest absolute Gasteiger partial charge is 0.375 e. The van der Waals surface area contributed by atoms with Gasteiger partial charge < -0.3 is 20.0 Å². The Morgan fingerprint density at radius 3 is 2.69 bits per heavy atom. The van der Waals surface area contributed by atoms with E-state index in [1.165, 1.54) is 0 Å². The van der Waals surface area contributed by atoms with E-state index < -0.39 is 6.72 Å². The van der Waals surface area contributed by atoms with Crippen LogP contribution in [0.1, 0.15) is 5.56 Å². The second-order valence-electron chi connectivity index (χ2n) is 2.43. The minimum Gasteiger partial charge on any atom is -0.424 e. The maximum atomic E-state index is 8.86. The van der Waals surface area contributed by atoms with Crippen LogP contribution in [-0.4, -0.2) is 9.79 Å². The van der Waals surface area contributed by atoms with Crippen molar-refractivity contribution in [2.45, 2.75) is 6.54 Å². The van der Waals surface area contributed by atoms with Crippen molar-refractivity contribution in [3.63, 3.8) is 0 Å². The highest BCUT2D eigenvalue weighted by Gasteiger charge is 2.09. The summed E-state index contributed by atoms with van der Waals surface area (Å²) in [7, 11) is 0. The Bertz CT molecular complexity index is 338. The van der Waals surface area contributed by atoms with Gasteiger partial charge in [-0.3, -0.25) is 0 Å². The fourth-order valence-corrected chi connectivity index (χ4v) is 1.51. The predicted molar refractivity (Wildman–Crippen MR) is 53.7 cm³/mol. The number of rotatable bonds is 3. The Morgan fingerprint density at radius 1 is 1.46 bits per heavy atom. The molecule has 6 heteroatoms.